The van der Waals surface area contributed by atoms with Crippen LogP contribution in [0.15, 0.2) is 42.5 Å². The van der Waals surface area contributed by atoms with Crippen LogP contribution < -0.4 is 4.74 Å². The number of hydrogen-bond donors (Lipinski definition) is 1. The lowest BCUT2D eigenvalue weighted by atomic mass is 9.52. The summed E-state index contributed by atoms with van der Waals surface area (Å²) in [6.45, 7) is 5.84. The zero-order valence-corrected chi connectivity index (χ0v) is 19.2. The van der Waals surface area contributed by atoms with Crippen LogP contribution in [0.2, 0.25) is 0 Å². The SMILES string of the molecule is Cc1ccc(O)c2c1C13CCN(C)C(C)C1CC1C(Cc4ccccc4)OCOC1[C@@H]3O2. The van der Waals surface area contributed by atoms with Crippen molar-refractivity contribution < 1.29 is 19.3 Å². The molecule has 32 heavy (non-hydrogen) atoms. The van der Waals surface area contributed by atoms with Crippen molar-refractivity contribution in [1.82, 2.24) is 4.90 Å². The summed E-state index contributed by atoms with van der Waals surface area (Å²) >= 11 is 0. The molecule has 1 aliphatic carbocycles. The van der Waals surface area contributed by atoms with Crippen LogP contribution in [0.25, 0.3) is 0 Å². The average Bonchev–Trinajstić information content (AvgIpc) is 3.16. The fourth-order valence-electron chi connectivity index (χ4n) is 7.27. The van der Waals surface area contributed by atoms with E-state index >= 15 is 0 Å². The quantitative estimate of drug-likeness (QED) is 0.772. The summed E-state index contributed by atoms with van der Waals surface area (Å²) in [5.41, 5.74) is 3.61. The third-order valence-corrected chi connectivity index (χ3v) is 8.93. The van der Waals surface area contributed by atoms with E-state index in [2.05, 4.69) is 56.1 Å². The number of aryl methyl sites for hydroxylation is 1. The average molecular weight is 436 g/mol. The summed E-state index contributed by atoms with van der Waals surface area (Å²) in [6.07, 6.45) is 2.94. The standard InChI is InChI=1S/C27H33NO4/c1-16-9-10-21(29)25-23(16)27-11-12-28(3)17(2)20(27)14-19-22(13-18-7-5-4-6-8-18)30-15-31-24(19)26(27)32-25/h4-10,17,19-20,22,24,26,29H,11-15H2,1-3H3/t17?,19?,20?,22?,24?,26-,27?/m0/s1. The van der Waals surface area contributed by atoms with Gasteiger partial charge in [-0.25, -0.2) is 0 Å². The molecule has 0 radical (unpaired) electrons. The molecule has 170 valence electrons. The topological polar surface area (TPSA) is 51.2 Å². The van der Waals surface area contributed by atoms with Crippen molar-refractivity contribution in [3.63, 3.8) is 0 Å². The van der Waals surface area contributed by atoms with E-state index in [9.17, 15) is 5.11 Å². The molecule has 7 atom stereocenters. The minimum atomic E-state index is -0.125. The monoisotopic (exact) mass is 435 g/mol. The van der Waals surface area contributed by atoms with Crippen molar-refractivity contribution in [2.24, 2.45) is 11.8 Å². The van der Waals surface area contributed by atoms with Crippen LogP contribution in [-0.4, -0.2) is 54.7 Å². The van der Waals surface area contributed by atoms with Gasteiger partial charge in [-0.3, -0.25) is 0 Å². The Kier molecular flexibility index (Phi) is 4.79. The lowest BCUT2D eigenvalue weighted by Gasteiger charge is -2.59. The lowest BCUT2D eigenvalue weighted by Crippen LogP contribution is -2.68. The predicted molar refractivity (Wildman–Crippen MR) is 122 cm³/mol. The fourth-order valence-corrected chi connectivity index (χ4v) is 7.27. The van der Waals surface area contributed by atoms with E-state index in [4.69, 9.17) is 14.2 Å². The maximum absolute atomic E-state index is 10.7. The molecule has 5 heteroatoms. The van der Waals surface area contributed by atoms with Crippen molar-refractivity contribution in [1.29, 1.82) is 0 Å². The summed E-state index contributed by atoms with van der Waals surface area (Å²) < 4.78 is 19.2. The molecule has 1 spiro atoms. The fraction of sp³-hybridized carbons (Fsp3) is 0.556. The van der Waals surface area contributed by atoms with E-state index in [1.807, 2.05) is 6.07 Å². The molecule has 5 nitrogen and oxygen atoms in total. The molecule has 3 fully saturated rings. The lowest BCUT2D eigenvalue weighted by molar-refractivity contribution is -0.259. The Morgan fingerprint density at radius 1 is 1.12 bits per heavy atom. The Morgan fingerprint density at radius 2 is 1.94 bits per heavy atom. The number of ether oxygens (including phenoxy) is 3. The second-order valence-electron chi connectivity index (χ2n) is 10.3. The van der Waals surface area contributed by atoms with Gasteiger partial charge in [0.2, 0.25) is 0 Å². The Labute approximate surface area is 190 Å². The smallest absolute Gasteiger partial charge is 0.165 e. The van der Waals surface area contributed by atoms with Crippen LogP contribution in [0.4, 0.5) is 0 Å². The van der Waals surface area contributed by atoms with Gasteiger partial charge >= 0.3 is 0 Å². The molecule has 1 N–H and O–H groups in total. The molecular formula is C27H33NO4. The molecule has 1 saturated carbocycles. The number of phenols is 1. The third kappa shape index (κ3) is 2.81. The van der Waals surface area contributed by atoms with Gasteiger partial charge in [0.1, 0.15) is 19.0 Å². The summed E-state index contributed by atoms with van der Waals surface area (Å²) in [5.74, 6) is 1.62. The summed E-state index contributed by atoms with van der Waals surface area (Å²) in [7, 11) is 2.24. The first kappa shape index (κ1) is 20.5. The van der Waals surface area contributed by atoms with Crippen LogP contribution >= 0.6 is 0 Å². The third-order valence-electron chi connectivity index (χ3n) is 8.93. The Morgan fingerprint density at radius 3 is 2.75 bits per heavy atom. The van der Waals surface area contributed by atoms with Crippen molar-refractivity contribution in [3.05, 3.63) is 59.2 Å². The molecule has 2 saturated heterocycles. The minimum Gasteiger partial charge on any atom is -0.504 e. The van der Waals surface area contributed by atoms with Gasteiger partial charge in [0.05, 0.1) is 6.10 Å². The first-order valence-electron chi connectivity index (χ1n) is 12.0. The number of fused-ring (bicyclic) bond motifs is 3. The van der Waals surface area contributed by atoms with Crippen LogP contribution in [-0.2, 0) is 21.3 Å². The maximum atomic E-state index is 10.7. The second kappa shape index (κ2) is 7.47. The Bertz CT molecular complexity index is 1010. The minimum absolute atomic E-state index is 0.0319. The summed E-state index contributed by atoms with van der Waals surface area (Å²) in [6, 6.07) is 14.9. The van der Waals surface area contributed by atoms with Gasteiger partial charge in [-0.1, -0.05) is 36.4 Å². The van der Waals surface area contributed by atoms with Crippen LogP contribution in [0, 0.1) is 18.8 Å². The predicted octanol–water partition coefficient (Wildman–Crippen LogP) is 4.04. The van der Waals surface area contributed by atoms with Crippen molar-refractivity contribution in [3.8, 4) is 11.5 Å². The largest absolute Gasteiger partial charge is 0.504 e. The van der Waals surface area contributed by atoms with E-state index in [-0.39, 0.29) is 35.4 Å². The number of piperidine rings is 1. The number of rotatable bonds is 2. The first-order chi connectivity index (χ1) is 15.5. The van der Waals surface area contributed by atoms with Gasteiger partial charge in [0.15, 0.2) is 11.5 Å². The van der Waals surface area contributed by atoms with Crippen molar-refractivity contribution in [2.45, 2.75) is 62.9 Å². The molecule has 6 rings (SSSR count). The van der Waals surface area contributed by atoms with Crippen molar-refractivity contribution in [2.75, 3.05) is 20.4 Å². The number of phenolic OH excluding ortho intramolecular Hbond substituents is 1. The van der Waals surface area contributed by atoms with E-state index in [1.54, 1.807) is 6.07 Å². The van der Waals surface area contributed by atoms with Gasteiger partial charge < -0.3 is 24.2 Å². The normalized spacial score (nSPS) is 38.2. The molecule has 2 aromatic rings. The van der Waals surface area contributed by atoms with Crippen molar-refractivity contribution >= 4 is 0 Å². The molecular weight excluding hydrogens is 402 g/mol. The van der Waals surface area contributed by atoms with Crippen LogP contribution in [0.3, 0.4) is 0 Å². The van der Waals surface area contributed by atoms with Gasteiger partial charge in [0.25, 0.3) is 0 Å². The highest BCUT2D eigenvalue weighted by atomic mass is 16.7. The first-order valence-corrected chi connectivity index (χ1v) is 12.0. The van der Waals surface area contributed by atoms with Gasteiger partial charge in [0, 0.05) is 22.9 Å². The van der Waals surface area contributed by atoms with E-state index < -0.39 is 0 Å². The summed E-state index contributed by atoms with van der Waals surface area (Å²) in [5, 5.41) is 10.7. The number of likely N-dealkylation sites (tertiary alicyclic amines) is 1. The zero-order valence-electron chi connectivity index (χ0n) is 19.2. The van der Waals surface area contributed by atoms with Crippen LogP contribution in [0.1, 0.15) is 36.5 Å². The highest BCUT2D eigenvalue weighted by molar-refractivity contribution is 5.58. The Hall–Kier alpha value is -2.08. The van der Waals surface area contributed by atoms with Gasteiger partial charge in [-0.2, -0.15) is 0 Å². The number of aromatic hydroxyl groups is 1. The van der Waals surface area contributed by atoms with E-state index in [0.29, 0.717) is 24.5 Å². The van der Waals surface area contributed by atoms with E-state index in [1.165, 1.54) is 16.7 Å². The Balaban J connectivity index is 1.44. The zero-order chi connectivity index (χ0) is 22.0. The summed E-state index contributed by atoms with van der Waals surface area (Å²) in [4.78, 5) is 2.49. The molecule has 6 unspecified atom stereocenters. The molecule has 4 aliphatic rings. The number of hydrogen-bond acceptors (Lipinski definition) is 5. The van der Waals surface area contributed by atoms with Crippen LogP contribution in [0.5, 0.6) is 11.5 Å². The van der Waals surface area contributed by atoms with Gasteiger partial charge in [-0.15, -0.1) is 0 Å². The van der Waals surface area contributed by atoms with Gasteiger partial charge in [-0.05, 0) is 69.8 Å². The molecule has 2 aromatic carbocycles. The molecule has 0 amide bonds. The second-order valence-corrected chi connectivity index (χ2v) is 10.3. The molecule has 3 heterocycles. The molecule has 0 aromatic heterocycles. The highest BCUT2D eigenvalue weighted by Crippen LogP contribution is 2.63. The number of benzene rings is 2. The number of nitrogens with zero attached hydrogens (tertiary/aromatic N) is 1. The molecule has 0 bridgehead atoms. The van der Waals surface area contributed by atoms with E-state index in [0.717, 1.165) is 25.8 Å². The highest BCUT2D eigenvalue weighted by Gasteiger charge is 2.66. The molecule has 3 aliphatic heterocycles. The maximum Gasteiger partial charge on any atom is 0.165 e.